The van der Waals surface area contributed by atoms with Crippen LogP contribution in [0.25, 0.3) is 0 Å². The molecule has 0 aliphatic rings. The van der Waals surface area contributed by atoms with E-state index in [9.17, 15) is 0 Å². The van der Waals surface area contributed by atoms with Crippen LogP contribution in [0.2, 0.25) is 0 Å². The molecule has 0 aliphatic carbocycles. The minimum atomic E-state index is 0.431. The molecule has 1 N–H and O–H groups in total. The zero-order valence-corrected chi connectivity index (χ0v) is 12.2. The number of benzene rings is 1. The minimum Gasteiger partial charge on any atom is -0.493 e. The van der Waals surface area contributed by atoms with Crippen molar-refractivity contribution in [2.45, 2.75) is 20.1 Å². The van der Waals surface area contributed by atoms with Gasteiger partial charge in [0.2, 0.25) is 0 Å². The first-order valence-electron chi connectivity index (χ1n) is 6.72. The van der Waals surface area contributed by atoms with Crippen molar-refractivity contribution in [3.05, 3.63) is 41.7 Å². The van der Waals surface area contributed by atoms with Gasteiger partial charge in [-0.05, 0) is 18.7 Å². The topological polar surface area (TPSA) is 48.3 Å². The van der Waals surface area contributed by atoms with Gasteiger partial charge < -0.3 is 14.8 Å². The van der Waals surface area contributed by atoms with E-state index in [-0.39, 0.29) is 0 Å². The molecular formula is C15H21N3O2. The molecule has 0 saturated heterocycles. The molecule has 1 aromatic heterocycles. The maximum Gasteiger partial charge on any atom is 0.166 e. The lowest BCUT2D eigenvalue weighted by atomic mass is 10.2. The first-order valence-corrected chi connectivity index (χ1v) is 6.72. The van der Waals surface area contributed by atoms with Gasteiger partial charge in [-0.2, -0.15) is 5.10 Å². The van der Waals surface area contributed by atoms with Gasteiger partial charge in [0.05, 0.1) is 12.8 Å². The van der Waals surface area contributed by atoms with Crippen LogP contribution in [0.4, 0.5) is 0 Å². The molecule has 1 heterocycles. The highest BCUT2D eigenvalue weighted by Crippen LogP contribution is 2.31. The number of rotatable bonds is 7. The molecule has 20 heavy (non-hydrogen) atoms. The van der Waals surface area contributed by atoms with Crippen LogP contribution in [0.5, 0.6) is 11.5 Å². The van der Waals surface area contributed by atoms with Gasteiger partial charge in [-0.1, -0.05) is 19.1 Å². The Balaban J connectivity index is 2.14. The molecule has 0 atom stereocenters. The van der Waals surface area contributed by atoms with Crippen LogP contribution in [0.15, 0.2) is 30.5 Å². The van der Waals surface area contributed by atoms with Gasteiger partial charge in [0.25, 0.3) is 0 Å². The number of hydrogen-bond donors (Lipinski definition) is 1. The smallest absolute Gasteiger partial charge is 0.166 e. The molecule has 0 saturated carbocycles. The van der Waals surface area contributed by atoms with E-state index in [1.165, 1.54) is 0 Å². The highest BCUT2D eigenvalue weighted by atomic mass is 16.5. The second-order valence-electron chi connectivity index (χ2n) is 4.50. The van der Waals surface area contributed by atoms with Crippen molar-refractivity contribution in [3.63, 3.8) is 0 Å². The average molecular weight is 275 g/mol. The second-order valence-corrected chi connectivity index (χ2v) is 4.50. The maximum atomic E-state index is 5.91. The third-order valence-corrected chi connectivity index (χ3v) is 2.98. The van der Waals surface area contributed by atoms with E-state index in [1.807, 2.05) is 37.5 Å². The van der Waals surface area contributed by atoms with Gasteiger partial charge in [-0.15, -0.1) is 0 Å². The first kappa shape index (κ1) is 14.4. The monoisotopic (exact) mass is 275 g/mol. The highest BCUT2D eigenvalue weighted by molar-refractivity contribution is 5.46. The fourth-order valence-electron chi connectivity index (χ4n) is 1.97. The van der Waals surface area contributed by atoms with Crippen LogP contribution in [0.1, 0.15) is 18.2 Å². The zero-order valence-electron chi connectivity index (χ0n) is 12.2. The number of aromatic nitrogens is 2. The lowest BCUT2D eigenvalue weighted by Crippen LogP contribution is -2.13. The van der Waals surface area contributed by atoms with E-state index >= 15 is 0 Å². The molecule has 0 aliphatic heterocycles. The number of nitrogens with zero attached hydrogens (tertiary/aromatic N) is 2. The Labute approximate surface area is 119 Å². The fourth-order valence-corrected chi connectivity index (χ4v) is 1.97. The van der Waals surface area contributed by atoms with E-state index in [2.05, 4.69) is 17.3 Å². The lowest BCUT2D eigenvalue weighted by Gasteiger charge is -2.14. The summed E-state index contributed by atoms with van der Waals surface area (Å²) < 4.78 is 13.1. The summed E-state index contributed by atoms with van der Waals surface area (Å²) >= 11 is 0. The number of para-hydroxylation sites is 1. The summed E-state index contributed by atoms with van der Waals surface area (Å²) in [5.41, 5.74) is 1.98. The van der Waals surface area contributed by atoms with Crippen LogP contribution in [-0.2, 0) is 20.2 Å². The molecule has 0 spiro atoms. The van der Waals surface area contributed by atoms with E-state index in [1.54, 1.807) is 11.8 Å². The quantitative estimate of drug-likeness (QED) is 0.841. The Morgan fingerprint density at radius 1 is 1.30 bits per heavy atom. The molecule has 5 nitrogen and oxygen atoms in total. The second kappa shape index (κ2) is 6.96. The van der Waals surface area contributed by atoms with Gasteiger partial charge in [0.15, 0.2) is 11.5 Å². The SMILES string of the molecule is CCNCc1cccc(OC)c1OCc1ccn(C)n1. The summed E-state index contributed by atoms with van der Waals surface area (Å²) in [5.74, 6) is 1.53. The van der Waals surface area contributed by atoms with Crippen LogP contribution >= 0.6 is 0 Å². The average Bonchev–Trinajstić information content (AvgIpc) is 2.88. The molecule has 108 valence electrons. The normalized spacial score (nSPS) is 10.6. The number of nitrogens with one attached hydrogen (secondary N) is 1. The molecule has 5 heteroatoms. The van der Waals surface area contributed by atoms with Gasteiger partial charge >= 0.3 is 0 Å². The molecule has 0 fully saturated rings. The summed E-state index contributed by atoms with van der Waals surface area (Å²) in [5, 5.41) is 7.61. The lowest BCUT2D eigenvalue weighted by molar-refractivity contribution is 0.276. The van der Waals surface area contributed by atoms with Gasteiger partial charge in [0.1, 0.15) is 6.61 Å². The fraction of sp³-hybridized carbons (Fsp3) is 0.400. The molecule has 0 bridgehead atoms. The number of methoxy groups -OCH3 is 1. The van der Waals surface area contributed by atoms with Crippen molar-refractivity contribution in [1.29, 1.82) is 0 Å². The highest BCUT2D eigenvalue weighted by Gasteiger charge is 2.11. The molecule has 0 radical (unpaired) electrons. The Morgan fingerprint density at radius 2 is 2.15 bits per heavy atom. The third kappa shape index (κ3) is 3.51. The number of ether oxygens (including phenoxy) is 2. The van der Waals surface area contributed by atoms with Crippen molar-refractivity contribution in [1.82, 2.24) is 15.1 Å². The zero-order chi connectivity index (χ0) is 14.4. The number of hydrogen-bond acceptors (Lipinski definition) is 4. The van der Waals surface area contributed by atoms with E-state index in [0.717, 1.165) is 35.8 Å². The van der Waals surface area contributed by atoms with Crippen LogP contribution < -0.4 is 14.8 Å². The number of aryl methyl sites for hydroxylation is 1. The predicted molar refractivity (Wildman–Crippen MR) is 77.9 cm³/mol. The largest absolute Gasteiger partial charge is 0.493 e. The van der Waals surface area contributed by atoms with Crippen LogP contribution in [-0.4, -0.2) is 23.4 Å². The van der Waals surface area contributed by atoms with Gasteiger partial charge in [0, 0.05) is 25.4 Å². The van der Waals surface area contributed by atoms with Gasteiger partial charge in [-0.25, -0.2) is 0 Å². The Bertz CT molecular complexity index is 552. The summed E-state index contributed by atoms with van der Waals surface area (Å²) in [7, 11) is 3.54. The van der Waals surface area contributed by atoms with E-state index in [0.29, 0.717) is 6.61 Å². The van der Waals surface area contributed by atoms with Crippen LogP contribution in [0, 0.1) is 0 Å². The Morgan fingerprint density at radius 3 is 2.80 bits per heavy atom. The van der Waals surface area contributed by atoms with Crippen molar-refractivity contribution in [2.24, 2.45) is 7.05 Å². The Kier molecular flexibility index (Phi) is 5.01. The van der Waals surface area contributed by atoms with Crippen molar-refractivity contribution < 1.29 is 9.47 Å². The van der Waals surface area contributed by atoms with E-state index < -0.39 is 0 Å². The molecule has 1 aromatic carbocycles. The summed E-state index contributed by atoms with van der Waals surface area (Å²) in [6.45, 7) is 4.18. The van der Waals surface area contributed by atoms with Crippen molar-refractivity contribution >= 4 is 0 Å². The molecule has 2 rings (SSSR count). The molecular weight excluding hydrogens is 254 g/mol. The molecule has 2 aromatic rings. The summed E-state index contributed by atoms with van der Waals surface area (Å²) in [4.78, 5) is 0. The van der Waals surface area contributed by atoms with Gasteiger partial charge in [-0.3, -0.25) is 4.68 Å². The summed E-state index contributed by atoms with van der Waals surface area (Å²) in [6, 6.07) is 7.86. The minimum absolute atomic E-state index is 0.431. The standard InChI is InChI=1S/C15H21N3O2/c1-4-16-10-12-6-5-7-14(19-3)15(12)20-11-13-8-9-18(2)17-13/h5-9,16H,4,10-11H2,1-3H3. The first-order chi connectivity index (χ1) is 9.74. The van der Waals surface area contributed by atoms with Crippen molar-refractivity contribution in [2.75, 3.05) is 13.7 Å². The third-order valence-electron chi connectivity index (χ3n) is 2.98. The van der Waals surface area contributed by atoms with Crippen molar-refractivity contribution in [3.8, 4) is 11.5 Å². The summed E-state index contributed by atoms with van der Waals surface area (Å²) in [6.07, 6.45) is 1.90. The Hall–Kier alpha value is -2.01. The van der Waals surface area contributed by atoms with E-state index in [4.69, 9.17) is 9.47 Å². The molecule has 0 unspecified atom stereocenters. The maximum absolute atomic E-state index is 5.91. The molecule has 0 amide bonds. The predicted octanol–water partition coefficient (Wildman–Crippen LogP) is 2.12. The van der Waals surface area contributed by atoms with Crippen LogP contribution in [0.3, 0.4) is 0 Å².